The van der Waals surface area contributed by atoms with Crippen molar-refractivity contribution in [1.82, 2.24) is 10.5 Å². The second kappa shape index (κ2) is 5.86. The molecule has 0 aliphatic carbocycles. The molecule has 0 unspecified atom stereocenters. The predicted octanol–water partition coefficient (Wildman–Crippen LogP) is 1.79. The van der Waals surface area contributed by atoms with Crippen LogP contribution in [-0.2, 0) is 0 Å². The van der Waals surface area contributed by atoms with Gasteiger partial charge in [-0.05, 0) is 19.1 Å². The van der Waals surface area contributed by atoms with Crippen LogP contribution in [0.15, 0.2) is 40.9 Å². The van der Waals surface area contributed by atoms with Gasteiger partial charge in [-0.15, -0.1) is 0 Å². The summed E-state index contributed by atoms with van der Waals surface area (Å²) in [4.78, 5) is 11.6. The fourth-order valence-electron chi connectivity index (χ4n) is 1.41. The fraction of sp³-hybridized carbons (Fsp3) is 0.231. The average Bonchev–Trinajstić information content (AvgIpc) is 2.82. The molecular formula is C13H14N2O3. The summed E-state index contributed by atoms with van der Waals surface area (Å²) in [5.41, 5.74) is 0.681. The zero-order valence-electron chi connectivity index (χ0n) is 10.1. The molecule has 1 heterocycles. The van der Waals surface area contributed by atoms with E-state index in [2.05, 4.69) is 10.5 Å². The number of aryl methyl sites for hydroxylation is 1. The fourth-order valence-corrected chi connectivity index (χ4v) is 1.41. The van der Waals surface area contributed by atoms with E-state index in [4.69, 9.17) is 9.26 Å². The Morgan fingerprint density at radius 1 is 1.39 bits per heavy atom. The Hall–Kier alpha value is -2.30. The number of carbonyl (C=O) groups excluding carboxylic acids is 1. The van der Waals surface area contributed by atoms with E-state index in [0.717, 1.165) is 5.75 Å². The highest BCUT2D eigenvalue weighted by Crippen LogP contribution is 2.07. The Morgan fingerprint density at radius 2 is 2.17 bits per heavy atom. The summed E-state index contributed by atoms with van der Waals surface area (Å²) < 4.78 is 10.3. The molecule has 1 amide bonds. The van der Waals surface area contributed by atoms with Gasteiger partial charge in [-0.3, -0.25) is 4.79 Å². The smallest absolute Gasteiger partial charge is 0.290 e. The molecule has 2 rings (SSSR count). The van der Waals surface area contributed by atoms with Crippen LogP contribution in [0.2, 0.25) is 0 Å². The van der Waals surface area contributed by atoms with E-state index in [1.807, 2.05) is 30.3 Å². The van der Waals surface area contributed by atoms with Gasteiger partial charge in [0, 0.05) is 6.07 Å². The molecule has 2 aromatic rings. The first-order chi connectivity index (χ1) is 8.75. The van der Waals surface area contributed by atoms with Crippen LogP contribution in [0.1, 0.15) is 16.2 Å². The second-order valence-electron chi connectivity index (χ2n) is 3.75. The van der Waals surface area contributed by atoms with Crippen molar-refractivity contribution >= 4 is 5.91 Å². The Kier molecular flexibility index (Phi) is 3.96. The van der Waals surface area contributed by atoms with Crippen LogP contribution in [0.5, 0.6) is 5.75 Å². The first-order valence-electron chi connectivity index (χ1n) is 5.65. The van der Waals surface area contributed by atoms with Gasteiger partial charge in [-0.2, -0.15) is 0 Å². The van der Waals surface area contributed by atoms with E-state index in [1.165, 1.54) is 0 Å². The number of para-hydroxylation sites is 1. The Labute approximate surface area is 105 Å². The van der Waals surface area contributed by atoms with Gasteiger partial charge in [0.15, 0.2) is 0 Å². The molecule has 0 radical (unpaired) electrons. The molecule has 0 bridgehead atoms. The topological polar surface area (TPSA) is 64.4 Å². The number of amides is 1. The van der Waals surface area contributed by atoms with Crippen molar-refractivity contribution in [3.8, 4) is 5.75 Å². The molecule has 0 spiro atoms. The maximum Gasteiger partial charge on any atom is 0.290 e. The highest BCUT2D eigenvalue weighted by atomic mass is 16.5. The van der Waals surface area contributed by atoms with Crippen molar-refractivity contribution < 1.29 is 14.1 Å². The van der Waals surface area contributed by atoms with Crippen LogP contribution in [0.4, 0.5) is 0 Å². The molecule has 18 heavy (non-hydrogen) atoms. The zero-order chi connectivity index (χ0) is 12.8. The SMILES string of the molecule is Cc1cc(C(=O)NCCOc2ccccc2)on1. The molecule has 0 atom stereocenters. The van der Waals surface area contributed by atoms with E-state index in [0.29, 0.717) is 18.8 Å². The van der Waals surface area contributed by atoms with Crippen molar-refractivity contribution in [2.45, 2.75) is 6.92 Å². The minimum absolute atomic E-state index is 0.215. The lowest BCUT2D eigenvalue weighted by Gasteiger charge is -2.06. The largest absolute Gasteiger partial charge is 0.492 e. The molecular weight excluding hydrogens is 232 g/mol. The molecule has 1 aromatic carbocycles. The van der Waals surface area contributed by atoms with Gasteiger partial charge in [-0.25, -0.2) is 0 Å². The first kappa shape index (κ1) is 12.2. The van der Waals surface area contributed by atoms with E-state index in [9.17, 15) is 4.79 Å². The van der Waals surface area contributed by atoms with Gasteiger partial charge in [0.25, 0.3) is 5.91 Å². The van der Waals surface area contributed by atoms with Gasteiger partial charge in [0.1, 0.15) is 12.4 Å². The van der Waals surface area contributed by atoms with E-state index < -0.39 is 0 Å². The monoisotopic (exact) mass is 246 g/mol. The standard InChI is InChI=1S/C13H14N2O3/c1-10-9-12(18-15-10)13(16)14-7-8-17-11-5-3-2-4-6-11/h2-6,9H,7-8H2,1H3,(H,14,16). The maximum absolute atomic E-state index is 11.6. The van der Waals surface area contributed by atoms with E-state index >= 15 is 0 Å². The molecule has 0 aliphatic heterocycles. The maximum atomic E-state index is 11.6. The number of aromatic nitrogens is 1. The highest BCUT2D eigenvalue weighted by molar-refractivity contribution is 5.91. The number of rotatable bonds is 5. The van der Waals surface area contributed by atoms with Crippen LogP contribution >= 0.6 is 0 Å². The van der Waals surface area contributed by atoms with E-state index in [1.54, 1.807) is 13.0 Å². The normalized spacial score (nSPS) is 10.1. The quantitative estimate of drug-likeness (QED) is 0.817. The van der Waals surface area contributed by atoms with Crippen LogP contribution in [0.3, 0.4) is 0 Å². The lowest BCUT2D eigenvalue weighted by atomic mass is 10.3. The van der Waals surface area contributed by atoms with Crippen LogP contribution in [-0.4, -0.2) is 24.2 Å². The lowest BCUT2D eigenvalue weighted by Crippen LogP contribution is -2.27. The summed E-state index contributed by atoms with van der Waals surface area (Å²) >= 11 is 0. The summed E-state index contributed by atoms with van der Waals surface area (Å²) in [6.07, 6.45) is 0. The summed E-state index contributed by atoms with van der Waals surface area (Å²) in [5, 5.41) is 6.33. The first-order valence-corrected chi connectivity index (χ1v) is 5.65. The molecule has 5 nitrogen and oxygen atoms in total. The van der Waals surface area contributed by atoms with Crippen molar-refractivity contribution in [2.75, 3.05) is 13.2 Å². The number of nitrogens with one attached hydrogen (secondary N) is 1. The number of benzene rings is 1. The lowest BCUT2D eigenvalue weighted by molar-refractivity contribution is 0.0910. The molecule has 5 heteroatoms. The van der Waals surface area contributed by atoms with Crippen molar-refractivity contribution in [3.05, 3.63) is 47.9 Å². The molecule has 1 aromatic heterocycles. The Balaban J connectivity index is 1.71. The number of ether oxygens (including phenoxy) is 1. The number of carbonyl (C=O) groups is 1. The molecule has 94 valence electrons. The Morgan fingerprint density at radius 3 is 2.83 bits per heavy atom. The number of hydrogen-bond donors (Lipinski definition) is 1. The van der Waals surface area contributed by atoms with Crippen molar-refractivity contribution in [2.24, 2.45) is 0 Å². The van der Waals surface area contributed by atoms with Crippen LogP contribution in [0, 0.1) is 6.92 Å². The zero-order valence-corrected chi connectivity index (χ0v) is 10.1. The van der Waals surface area contributed by atoms with Crippen LogP contribution in [0.25, 0.3) is 0 Å². The second-order valence-corrected chi connectivity index (χ2v) is 3.75. The van der Waals surface area contributed by atoms with Gasteiger partial charge in [-0.1, -0.05) is 23.4 Å². The van der Waals surface area contributed by atoms with Gasteiger partial charge in [0.05, 0.1) is 12.2 Å². The third-order valence-electron chi connectivity index (χ3n) is 2.25. The summed E-state index contributed by atoms with van der Waals surface area (Å²) in [6.45, 7) is 2.58. The molecule has 0 saturated heterocycles. The average molecular weight is 246 g/mol. The third-order valence-corrected chi connectivity index (χ3v) is 2.25. The minimum Gasteiger partial charge on any atom is -0.492 e. The Bertz CT molecular complexity index is 508. The van der Waals surface area contributed by atoms with E-state index in [-0.39, 0.29) is 11.7 Å². The summed E-state index contributed by atoms with van der Waals surface area (Å²) in [7, 11) is 0. The molecule has 0 aliphatic rings. The van der Waals surface area contributed by atoms with Gasteiger partial charge in [0.2, 0.25) is 5.76 Å². The van der Waals surface area contributed by atoms with Crippen molar-refractivity contribution in [3.63, 3.8) is 0 Å². The number of nitrogens with zero attached hydrogens (tertiary/aromatic N) is 1. The molecule has 0 fully saturated rings. The minimum atomic E-state index is -0.285. The third kappa shape index (κ3) is 3.35. The summed E-state index contributed by atoms with van der Waals surface area (Å²) in [5.74, 6) is 0.710. The highest BCUT2D eigenvalue weighted by Gasteiger charge is 2.10. The predicted molar refractivity (Wildman–Crippen MR) is 65.5 cm³/mol. The summed E-state index contributed by atoms with van der Waals surface area (Å²) in [6, 6.07) is 11.0. The number of hydrogen-bond acceptors (Lipinski definition) is 4. The molecule has 0 saturated carbocycles. The van der Waals surface area contributed by atoms with Gasteiger partial charge >= 0.3 is 0 Å². The van der Waals surface area contributed by atoms with Crippen molar-refractivity contribution in [1.29, 1.82) is 0 Å². The molecule has 1 N–H and O–H groups in total. The van der Waals surface area contributed by atoms with Gasteiger partial charge < -0.3 is 14.6 Å². The van der Waals surface area contributed by atoms with Crippen LogP contribution < -0.4 is 10.1 Å².